The Morgan fingerprint density at radius 3 is 1.52 bits per heavy atom. The minimum atomic E-state index is 0.157. The molecule has 2 N–H and O–H groups in total. The Labute approximate surface area is 347 Å². The van der Waals surface area contributed by atoms with Crippen LogP contribution >= 0.6 is 23.5 Å². The van der Waals surface area contributed by atoms with Gasteiger partial charge < -0.3 is 20.0 Å². The standard InChI is InChI=1S/C48H46N6O2S2/c1-27-31(5)57-32(6)28(2)52(27)36-19-21-38(45(55)25-36)47-49-40-13-9-11-15-43(40)51(47)24-23-42(35-17-18-35)54-44-16-12-10-14-41(44)50-48(54)39-22-20-37(26-46(39)56)53-29(3)33(7)58-34(8)30(53)4/h9-16,19-26,55-56H,17-18H2,1-8H3/b24-23-. The molecule has 0 radical (unpaired) electrons. The minimum absolute atomic E-state index is 0.157. The number of benzene rings is 4. The molecule has 0 atom stereocenters. The van der Waals surface area contributed by atoms with Crippen molar-refractivity contribution in [2.75, 3.05) is 9.80 Å². The van der Waals surface area contributed by atoms with Gasteiger partial charge in [0.1, 0.15) is 23.1 Å². The first kappa shape index (κ1) is 37.7. The molecule has 0 saturated heterocycles. The van der Waals surface area contributed by atoms with Crippen molar-refractivity contribution >= 4 is 68.9 Å². The molecule has 8 nitrogen and oxygen atoms in total. The van der Waals surface area contributed by atoms with Crippen LogP contribution in [-0.4, -0.2) is 29.3 Å². The second kappa shape index (κ2) is 14.5. The van der Waals surface area contributed by atoms with Gasteiger partial charge in [0.15, 0.2) is 0 Å². The van der Waals surface area contributed by atoms with Gasteiger partial charge in [-0.3, -0.25) is 9.13 Å². The summed E-state index contributed by atoms with van der Waals surface area (Å²) in [7, 11) is 0. The maximum Gasteiger partial charge on any atom is 0.149 e. The fourth-order valence-corrected chi connectivity index (χ4v) is 9.88. The zero-order valence-corrected chi connectivity index (χ0v) is 35.7. The average molecular weight is 803 g/mol. The molecule has 3 aliphatic rings. The van der Waals surface area contributed by atoms with Crippen molar-refractivity contribution in [1.82, 2.24) is 19.1 Å². The van der Waals surface area contributed by atoms with Crippen LogP contribution in [-0.2, 0) is 0 Å². The van der Waals surface area contributed by atoms with Crippen LogP contribution in [0.4, 0.5) is 11.4 Å². The number of hydrogen-bond acceptors (Lipinski definition) is 8. The molecule has 1 aliphatic carbocycles. The summed E-state index contributed by atoms with van der Waals surface area (Å²) >= 11 is 3.58. The number of phenols is 2. The second-order valence-corrected chi connectivity index (χ2v) is 18.1. The van der Waals surface area contributed by atoms with Crippen molar-refractivity contribution in [1.29, 1.82) is 0 Å². The molecule has 2 aliphatic heterocycles. The number of fused-ring (bicyclic) bond motifs is 2. The SMILES string of the molecule is CC1=C(C)N(c2ccc(-c3nc4ccccc4n3/C=C\C(=C3CC3)n3c(-c4ccc(N5C(C)=C(C)SC(C)=C5C)cc4O)nc4ccccc43)c(O)c2)C(C)=C(C)S1. The van der Waals surface area contributed by atoms with Crippen molar-refractivity contribution < 1.29 is 10.2 Å². The Morgan fingerprint density at radius 1 is 0.569 bits per heavy atom. The predicted molar refractivity (Wildman–Crippen MR) is 245 cm³/mol. The molecule has 9 rings (SSSR count). The highest BCUT2D eigenvalue weighted by molar-refractivity contribution is 8.07. The summed E-state index contributed by atoms with van der Waals surface area (Å²) in [5.41, 5.74) is 13.6. The van der Waals surface area contributed by atoms with Crippen LogP contribution in [0.5, 0.6) is 11.5 Å². The van der Waals surface area contributed by atoms with Gasteiger partial charge in [-0.05, 0) is 128 Å². The molecule has 0 unspecified atom stereocenters. The van der Waals surface area contributed by atoms with E-state index in [9.17, 15) is 10.2 Å². The third-order valence-corrected chi connectivity index (χ3v) is 14.0. The molecule has 4 heterocycles. The lowest BCUT2D eigenvalue weighted by molar-refractivity contribution is 0.476. The van der Waals surface area contributed by atoms with E-state index in [1.807, 2.05) is 60.7 Å². The van der Waals surface area contributed by atoms with Gasteiger partial charge in [-0.15, -0.1) is 0 Å². The first-order chi connectivity index (χ1) is 27.9. The summed E-state index contributed by atoms with van der Waals surface area (Å²) in [6.45, 7) is 17.1. The summed E-state index contributed by atoms with van der Waals surface area (Å²) in [5.74, 6) is 1.63. The normalized spacial score (nSPS) is 16.4. The topological polar surface area (TPSA) is 82.6 Å². The number of anilines is 2. The fraction of sp³-hybridized carbons (Fsp3) is 0.208. The average Bonchev–Trinajstić information content (AvgIpc) is 3.88. The number of aromatic hydroxyl groups is 2. The number of imidazole rings is 2. The van der Waals surface area contributed by atoms with E-state index in [4.69, 9.17) is 9.97 Å². The summed E-state index contributed by atoms with van der Waals surface area (Å²) in [4.78, 5) is 19.6. The second-order valence-electron chi connectivity index (χ2n) is 15.2. The summed E-state index contributed by atoms with van der Waals surface area (Å²) in [6.07, 6.45) is 6.12. The van der Waals surface area contributed by atoms with Gasteiger partial charge in [0.2, 0.25) is 0 Å². The van der Waals surface area contributed by atoms with Gasteiger partial charge in [-0.25, -0.2) is 9.97 Å². The van der Waals surface area contributed by atoms with E-state index in [-0.39, 0.29) is 11.5 Å². The predicted octanol–water partition coefficient (Wildman–Crippen LogP) is 13.4. The maximum atomic E-state index is 11.8. The van der Waals surface area contributed by atoms with Crippen LogP contribution in [0.3, 0.4) is 0 Å². The number of phenolic OH excluding ortho intramolecular Hbond substituents is 2. The van der Waals surface area contributed by atoms with Gasteiger partial charge in [0, 0.05) is 77.8 Å². The third-order valence-electron chi connectivity index (χ3n) is 11.6. The van der Waals surface area contributed by atoms with Gasteiger partial charge >= 0.3 is 0 Å². The molecule has 0 spiro atoms. The number of para-hydroxylation sites is 4. The number of rotatable bonds is 7. The van der Waals surface area contributed by atoms with Crippen LogP contribution in [0.1, 0.15) is 68.2 Å². The first-order valence-corrected chi connectivity index (χ1v) is 21.2. The number of thioether (sulfide) groups is 2. The molecule has 0 amide bonds. The number of aromatic nitrogens is 4. The molecule has 4 aromatic carbocycles. The molecular weight excluding hydrogens is 757 g/mol. The largest absolute Gasteiger partial charge is 0.507 e. The van der Waals surface area contributed by atoms with Crippen molar-refractivity contribution in [3.05, 3.63) is 139 Å². The zero-order valence-electron chi connectivity index (χ0n) is 34.0. The third kappa shape index (κ3) is 6.35. The molecule has 1 saturated carbocycles. The van der Waals surface area contributed by atoms with E-state index in [1.54, 1.807) is 23.5 Å². The quantitative estimate of drug-likeness (QED) is 0.165. The molecule has 292 valence electrons. The van der Waals surface area contributed by atoms with E-state index in [0.717, 1.165) is 74.8 Å². The molecule has 2 aromatic heterocycles. The highest BCUT2D eigenvalue weighted by Crippen LogP contribution is 2.46. The molecular formula is C48H46N6O2S2. The van der Waals surface area contributed by atoms with E-state index in [1.165, 1.54) is 25.2 Å². The molecule has 10 heteroatoms. The number of allylic oxidation sites excluding steroid dienone is 11. The van der Waals surface area contributed by atoms with E-state index in [0.29, 0.717) is 22.8 Å². The fourth-order valence-electron chi connectivity index (χ4n) is 8.01. The highest BCUT2D eigenvalue weighted by Gasteiger charge is 2.27. The lowest BCUT2D eigenvalue weighted by atomic mass is 10.1. The first-order valence-electron chi connectivity index (χ1n) is 19.6. The van der Waals surface area contributed by atoms with Crippen LogP contribution in [0, 0.1) is 0 Å². The number of hydrogen-bond donors (Lipinski definition) is 2. The lowest BCUT2D eigenvalue weighted by Gasteiger charge is -2.33. The number of nitrogens with zero attached hydrogens (tertiary/aromatic N) is 6. The van der Waals surface area contributed by atoms with Crippen molar-refractivity contribution in [3.63, 3.8) is 0 Å². The Hall–Kier alpha value is -5.84. The van der Waals surface area contributed by atoms with Crippen LogP contribution in [0.25, 0.3) is 56.7 Å². The van der Waals surface area contributed by atoms with Crippen molar-refractivity contribution in [2.24, 2.45) is 0 Å². The van der Waals surface area contributed by atoms with Crippen LogP contribution in [0.15, 0.2) is 139 Å². The summed E-state index contributed by atoms with van der Waals surface area (Å²) < 4.78 is 4.25. The van der Waals surface area contributed by atoms with Crippen molar-refractivity contribution in [3.8, 4) is 34.3 Å². The zero-order chi connectivity index (χ0) is 40.6. The van der Waals surface area contributed by atoms with E-state index < -0.39 is 0 Å². The molecule has 6 aromatic rings. The Balaban J connectivity index is 1.15. The maximum absolute atomic E-state index is 11.8. The van der Waals surface area contributed by atoms with E-state index in [2.05, 4.69) is 111 Å². The minimum Gasteiger partial charge on any atom is -0.507 e. The molecule has 1 fully saturated rings. The van der Waals surface area contributed by atoms with Gasteiger partial charge in [0.25, 0.3) is 0 Å². The van der Waals surface area contributed by atoms with Crippen LogP contribution in [0.2, 0.25) is 0 Å². The Morgan fingerprint density at radius 2 is 1.02 bits per heavy atom. The molecule has 58 heavy (non-hydrogen) atoms. The van der Waals surface area contributed by atoms with Gasteiger partial charge in [-0.2, -0.15) is 0 Å². The van der Waals surface area contributed by atoms with Crippen molar-refractivity contribution in [2.45, 2.75) is 68.2 Å². The van der Waals surface area contributed by atoms with Crippen LogP contribution < -0.4 is 9.80 Å². The monoisotopic (exact) mass is 802 g/mol. The highest BCUT2D eigenvalue weighted by atomic mass is 32.2. The van der Waals surface area contributed by atoms with Gasteiger partial charge in [-0.1, -0.05) is 47.8 Å². The molecule has 0 bridgehead atoms. The van der Waals surface area contributed by atoms with Gasteiger partial charge in [0.05, 0.1) is 33.2 Å². The smallest absolute Gasteiger partial charge is 0.149 e. The lowest BCUT2D eigenvalue weighted by Crippen LogP contribution is -2.22. The summed E-state index contributed by atoms with van der Waals surface area (Å²) in [6, 6.07) is 28.0. The Kier molecular flexibility index (Phi) is 9.44. The summed E-state index contributed by atoms with van der Waals surface area (Å²) in [5, 5.41) is 23.5. The van der Waals surface area contributed by atoms with E-state index >= 15 is 0 Å². The Bertz CT molecular complexity index is 2870.